The number of esters is 1. The monoisotopic (exact) mass is 311 g/mol. The second-order valence-electron chi connectivity index (χ2n) is 6.75. The van der Waals surface area contributed by atoms with Gasteiger partial charge in [-0.1, -0.05) is 38.7 Å². The van der Waals surface area contributed by atoms with Gasteiger partial charge in [-0.05, 0) is 48.5 Å². The molecule has 23 heavy (non-hydrogen) atoms. The zero-order valence-corrected chi connectivity index (χ0v) is 14.3. The van der Waals surface area contributed by atoms with Crippen molar-refractivity contribution in [3.05, 3.63) is 29.3 Å². The highest BCUT2D eigenvalue weighted by Gasteiger charge is 2.21. The first kappa shape index (κ1) is 16.2. The second-order valence-corrected chi connectivity index (χ2v) is 6.75. The molecule has 122 valence electrons. The molecule has 1 aliphatic rings. The molecular weight excluding hydrogens is 285 g/mol. The molecule has 0 amide bonds. The summed E-state index contributed by atoms with van der Waals surface area (Å²) in [7, 11) is 2.16. The van der Waals surface area contributed by atoms with Crippen molar-refractivity contribution in [3.63, 3.8) is 0 Å². The van der Waals surface area contributed by atoms with E-state index in [1.165, 1.54) is 48.6 Å². The molecule has 1 N–H and O–H groups in total. The van der Waals surface area contributed by atoms with Crippen molar-refractivity contribution in [3.8, 4) is 0 Å². The number of carbonyl (C=O) groups is 1. The third-order valence-electron chi connectivity index (χ3n) is 5.02. The van der Waals surface area contributed by atoms with E-state index in [1.54, 1.807) is 0 Å². The molecule has 0 saturated heterocycles. The van der Waals surface area contributed by atoms with E-state index in [-0.39, 0.29) is 5.97 Å². The number of H-pyrrole nitrogens is 1. The smallest absolute Gasteiger partial charge is 0.338 e. The van der Waals surface area contributed by atoms with Crippen LogP contribution in [0.25, 0.3) is 10.9 Å². The van der Waals surface area contributed by atoms with Gasteiger partial charge in [0.25, 0.3) is 0 Å². The van der Waals surface area contributed by atoms with E-state index in [9.17, 15) is 4.79 Å². The van der Waals surface area contributed by atoms with Crippen LogP contribution in [0.1, 0.15) is 73.7 Å². The summed E-state index contributed by atoms with van der Waals surface area (Å²) in [6, 6.07) is 5.96. The van der Waals surface area contributed by atoms with Gasteiger partial charge in [-0.15, -0.1) is 0 Å². The summed E-state index contributed by atoms with van der Waals surface area (Å²) in [4.78, 5) is 15.6. The molecule has 4 heteroatoms. The Bertz CT molecular complexity index is 686. The van der Waals surface area contributed by atoms with Gasteiger partial charge in [-0.2, -0.15) is 0 Å². The van der Waals surface area contributed by atoms with Gasteiger partial charge in [0, 0.05) is 10.9 Å². The second kappa shape index (κ2) is 7.24. The Kier molecular flexibility index (Phi) is 5.09. The number of hydrogen-bond acceptors (Lipinski definition) is 2. The van der Waals surface area contributed by atoms with Gasteiger partial charge in [0.15, 0.2) is 7.85 Å². The Morgan fingerprint density at radius 1 is 1.30 bits per heavy atom. The summed E-state index contributed by atoms with van der Waals surface area (Å²) in [5.41, 5.74) is 4.42. The minimum atomic E-state index is -0.216. The maximum Gasteiger partial charge on any atom is 0.338 e. The number of hydrogen-bond donors (Lipinski definition) is 1. The molecule has 1 saturated carbocycles. The molecule has 1 aliphatic carbocycles. The first-order valence-electron chi connectivity index (χ1n) is 9.00. The maximum atomic E-state index is 12.1. The third kappa shape index (κ3) is 3.46. The minimum absolute atomic E-state index is 0.216. The van der Waals surface area contributed by atoms with Crippen LogP contribution in [0.4, 0.5) is 0 Å². The van der Waals surface area contributed by atoms with Crippen LogP contribution in [0.15, 0.2) is 18.2 Å². The third-order valence-corrected chi connectivity index (χ3v) is 5.02. The van der Waals surface area contributed by atoms with Crippen LogP contribution in [0.5, 0.6) is 0 Å². The van der Waals surface area contributed by atoms with Gasteiger partial charge in [0.1, 0.15) is 0 Å². The highest BCUT2D eigenvalue weighted by Crippen LogP contribution is 2.35. The first-order chi connectivity index (χ1) is 11.2. The molecule has 1 aromatic carbocycles. The Morgan fingerprint density at radius 2 is 2.09 bits per heavy atom. The number of unbranched alkanes of at least 4 members (excludes halogenated alkanes) is 1. The first-order valence-corrected chi connectivity index (χ1v) is 9.00. The van der Waals surface area contributed by atoms with Gasteiger partial charge >= 0.3 is 5.97 Å². The van der Waals surface area contributed by atoms with Crippen LogP contribution in [0, 0.1) is 0 Å². The fourth-order valence-electron chi connectivity index (χ4n) is 3.79. The number of aromatic amines is 1. The fraction of sp³-hybridized carbons (Fsp3) is 0.526. The number of benzene rings is 1. The van der Waals surface area contributed by atoms with Crippen LogP contribution in [-0.4, -0.2) is 25.4 Å². The number of aromatic nitrogens is 1. The van der Waals surface area contributed by atoms with E-state index >= 15 is 0 Å². The molecule has 2 aromatic rings. The van der Waals surface area contributed by atoms with Crippen molar-refractivity contribution in [2.24, 2.45) is 0 Å². The van der Waals surface area contributed by atoms with Gasteiger partial charge in [-0.3, -0.25) is 0 Å². The van der Waals surface area contributed by atoms with Crippen LogP contribution in [0.2, 0.25) is 0 Å². The average molecular weight is 311 g/mol. The standard InChI is InChI=1S/C19H26BNO2/c1-2-3-11-23-19(22)14-9-10-15-16(12-14)21-18(20)17(15)13-7-5-4-6-8-13/h9-10,12-13,21H,2-8,11,20H2,1H3. The Balaban J connectivity index is 1.85. The Labute approximate surface area is 139 Å². The van der Waals surface area contributed by atoms with E-state index in [0.717, 1.165) is 18.4 Å². The normalized spacial score (nSPS) is 15.9. The molecule has 0 bridgehead atoms. The lowest BCUT2D eigenvalue weighted by Crippen LogP contribution is -2.15. The fourth-order valence-corrected chi connectivity index (χ4v) is 3.79. The summed E-state index contributed by atoms with van der Waals surface area (Å²) < 4.78 is 5.32. The lowest BCUT2D eigenvalue weighted by molar-refractivity contribution is 0.0500. The summed E-state index contributed by atoms with van der Waals surface area (Å²) >= 11 is 0. The van der Waals surface area contributed by atoms with Gasteiger partial charge in [-0.25, -0.2) is 4.79 Å². The predicted molar refractivity (Wildman–Crippen MR) is 97.5 cm³/mol. The van der Waals surface area contributed by atoms with Crippen molar-refractivity contribution < 1.29 is 9.53 Å². The molecule has 0 radical (unpaired) electrons. The zero-order chi connectivity index (χ0) is 16.2. The van der Waals surface area contributed by atoms with Crippen LogP contribution in [-0.2, 0) is 4.74 Å². The van der Waals surface area contributed by atoms with E-state index in [4.69, 9.17) is 4.74 Å². The molecule has 3 nitrogen and oxygen atoms in total. The number of carbonyl (C=O) groups excluding carboxylic acids is 1. The SMILES string of the molecule is Bc1[nH]c2cc(C(=O)OCCCC)ccc2c1C1CCCCC1. The van der Waals surface area contributed by atoms with Gasteiger partial charge in [0.2, 0.25) is 0 Å². The van der Waals surface area contributed by atoms with Crippen molar-refractivity contribution in [2.75, 3.05) is 6.61 Å². The lowest BCUT2D eigenvalue weighted by atomic mass is 9.80. The molecular formula is C19H26BNO2. The zero-order valence-electron chi connectivity index (χ0n) is 14.3. The average Bonchev–Trinajstić information content (AvgIpc) is 2.90. The largest absolute Gasteiger partial charge is 0.462 e. The van der Waals surface area contributed by atoms with E-state index in [2.05, 4.69) is 25.8 Å². The van der Waals surface area contributed by atoms with E-state index in [0.29, 0.717) is 18.1 Å². The van der Waals surface area contributed by atoms with Crippen molar-refractivity contribution in [2.45, 2.75) is 57.8 Å². The number of rotatable bonds is 5. The molecule has 0 atom stereocenters. The predicted octanol–water partition coefficient (Wildman–Crippen LogP) is 3.43. The Hall–Kier alpha value is -1.71. The van der Waals surface area contributed by atoms with E-state index < -0.39 is 0 Å². The lowest BCUT2D eigenvalue weighted by Gasteiger charge is -2.22. The maximum absolute atomic E-state index is 12.1. The molecule has 0 aliphatic heterocycles. The minimum Gasteiger partial charge on any atom is -0.462 e. The summed E-state index contributed by atoms with van der Waals surface area (Å²) in [6.07, 6.45) is 8.56. The van der Waals surface area contributed by atoms with Crippen molar-refractivity contribution in [1.82, 2.24) is 4.98 Å². The molecule has 3 rings (SSSR count). The summed E-state index contributed by atoms with van der Waals surface area (Å²) in [5, 5.41) is 1.28. The summed E-state index contributed by atoms with van der Waals surface area (Å²) in [5.74, 6) is 0.451. The molecule has 0 spiro atoms. The number of nitrogens with one attached hydrogen (secondary N) is 1. The van der Waals surface area contributed by atoms with Crippen molar-refractivity contribution >= 4 is 30.3 Å². The van der Waals surface area contributed by atoms with Crippen LogP contribution >= 0.6 is 0 Å². The molecule has 0 unspecified atom stereocenters. The Morgan fingerprint density at radius 3 is 2.83 bits per heavy atom. The molecule has 1 aromatic heterocycles. The topological polar surface area (TPSA) is 42.1 Å². The quantitative estimate of drug-likeness (QED) is 0.522. The molecule has 1 heterocycles. The van der Waals surface area contributed by atoms with Crippen molar-refractivity contribution in [1.29, 1.82) is 0 Å². The van der Waals surface area contributed by atoms with Crippen LogP contribution < -0.4 is 5.59 Å². The highest BCUT2D eigenvalue weighted by molar-refractivity contribution is 6.34. The van der Waals surface area contributed by atoms with Crippen LogP contribution in [0.3, 0.4) is 0 Å². The number of ether oxygens (including phenoxy) is 1. The van der Waals surface area contributed by atoms with Gasteiger partial charge < -0.3 is 9.72 Å². The summed E-state index contributed by atoms with van der Waals surface area (Å²) in [6.45, 7) is 2.60. The van der Waals surface area contributed by atoms with Gasteiger partial charge in [0.05, 0.1) is 12.2 Å². The molecule has 1 fully saturated rings. The van der Waals surface area contributed by atoms with E-state index in [1.807, 2.05) is 12.1 Å². The highest BCUT2D eigenvalue weighted by atomic mass is 16.5. The number of fused-ring (bicyclic) bond motifs is 1.